The number of anilines is 1. The minimum absolute atomic E-state index is 0.0144. The lowest BCUT2D eigenvalue weighted by atomic mass is 10.1. The fourth-order valence-corrected chi connectivity index (χ4v) is 4.70. The number of nitrogens with zero attached hydrogens (tertiary/aromatic N) is 3. The molecule has 2 aromatic heterocycles. The zero-order valence-electron chi connectivity index (χ0n) is 16.1. The third-order valence-electron chi connectivity index (χ3n) is 4.84. The molecule has 0 saturated heterocycles. The topological polar surface area (TPSA) is 59.8 Å². The van der Waals surface area contributed by atoms with Crippen LogP contribution in [0.3, 0.4) is 0 Å². The Bertz CT molecular complexity index is 930. The maximum atomic E-state index is 12.6. The van der Waals surface area contributed by atoms with Gasteiger partial charge in [-0.2, -0.15) is 0 Å². The number of benzene rings is 1. The molecule has 0 bridgehead atoms. The van der Waals surface area contributed by atoms with E-state index in [0.29, 0.717) is 6.04 Å². The predicted molar refractivity (Wildman–Crippen MR) is 115 cm³/mol. The number of hydrogen-bond donors (Lipinski definition) is 1. The molecule has 0 radical (unpaired) electrons. The lowest BCUT2D eigenvalue weighted by Gasteiger charge is -2.13. The maximum Gasteiger partial charge on any atom is 0.237 e. The molecule has 0 spiro atoms. The van der Waals surface area contributed by atoms with Gasteiger partial charge in [0.25, 0.3) is 0 Å². The van der Waals surface area contributed by atoms with E-state index in [1.807, 2.05) is 31.2 Å². The molecule has 1 aromatic carbocycles. The molecule has 5 nitrogen and oxygen atoms in total. The number of carbonyl (C=O) groups excluding carboxylic acids is 1. The van der Waals surface area contributed by atoms with Crippen LogP contribution in [0.1, 0.15) is 49.0 Å². The molecule has 7 heteroatoms. The zero-order valence-corrected chi connectivity index (χ0v) is 17.7. The van der Waals surface area contributed by atoms with Crippen molar-refractivity contribution in [2.24, 2.45) is 0 Å². The summed E-state index contributed by atoms with van der Waals surface area (Å²) in [7, 11) is 0. The van der Waals surface area contributed by atoms with Crippen LogP contribution in [0, 0.1) is 0 Å². The second-order valence-electron chi connectivity index (χ2n) is 7.06. The molecule has 0 aliphatic heterocycles. The van der Waals surface area contributed by atoms with Gasteiger partial charge in [-0.3, -0.25) is 4.79 Å². The van der Waals surface area contributed by atoms with Crippen molar-refractivity contribution in [3.05, 3.63) is 58.0 Å². The number of rotatable bonds is 8. The molecule has 1 amide bonds. The summed E-state index contributed by atoms with van der Waals surface area (Å²) in [5, 5.41) is 14.5. The van der Waals surface area contributed by atoms with Crippen molar-refractivity contribution in [2.75, 3.05) is 5.32 Å². The molecule has 1 N–H and O–H groups in total. The standard InChI is InChI=1S/C21H24N4OS2/c1-3-15-6-8-16(9-7-15)22-20(26)14(2)28-21-24-23-19(25(21)17-10-11-17)13-18-5-4-12-27-18/h4-9,12,14,17H,3,10-11,13H2,1-2H3,(H,22,26)/t14-/m1/s1. The first-order valence-electron chi connectivity index (χ1n) is 9.66. The van der Waals surface area contributed by atoms with Crippen LogP contribution in [0.15, 0.2) is 46.9 Å². The molecular formula is C21H24N4OS2. The molecular weight excluding hydrogens is 388 g/mol. The summed E-state index contributed by atoms with van der Waals surface area (Å²) in [6.07, 6.45) is 4.11. The minimum Gasteiger partial charge on any atom is -0.325 e. The van der Waals surface area contributed by atoms with E-state index in [1.54, 1.807) is 11.3 Å². The smallest absolute Gasteiger partial charge is 0.237 e. The van der Waals surface area contributed by atoms with E-state index >= 15 is 0 Å². The van der Waals surface area contributed by atoms with Crippen molar-refractivity contribution in [3.8, 4) is 0 Å². The van der Waals surface area contributed by atoms with E-state index in [9.17, 15) is 4.79 Å². The average molecular weight is 413 g/mol. The Morgan fingerprint density at radius 1 is 1.29 bits per heavy atom. The average Bonchev–Trinajstić information content (AvgIpc) is 3.26. The van der Waals surface area contributed by atoms with E-state index in [-0.39, 0.29) is 11.2 Å². The highest BCUT2D eigenvalue weighted by atomic mass is 32.2. The molecule has 28 heavy (non-hydrogen) atoms. The van der Waals surface area contributed by atoms with Gasteiger partial charge in [0.2, 0.25) is 5.91 Å². The summed E-state index contributed by atoms with van der Waals surface area (Å²) >= 11 is 3.23. The van der Waals surface area contributed by atoms with E-state index in [4.69, 9.17) is 0 Å². The largest absolute Gasteiger partial charge is 0.325 e. The Balaban J connectivity index is 1.44. The van der Waals surface area contributed by atoms with Crippen LogP contribution in [-0.2, 0) is 17.6 Å². The highest BCUT2D eigenvalue weighted by molar-refractivity contribution is 8.00. The van der Waals surface area contributed by atoms with Gasteiger partial charge in [0.05, 0.1) is 5.25 Å². The first kappa shape index (κ1) is 19.2. The predicted octanol–water partition coefficient (Wildman–Crippen LogP) is 4.95. The van der Waals surface area contributed by atoms with Gasteiger partial charge in [0.15, 0.2) is 5.16 Å². The van der Waals surface area contributed by atoms with Crippen LogP contribution < -0.4 is 5.32 Å². The molecule has 1 aliphatic rings. The molecule has 1 saturated carbocycles. The number of nitrogens with one attached hydrogen (secondary N) is 1. The van der Waals surface area contributed by atoms with Crippen molar-refractivity contribution in [1.82, 2.24) is 14.8 Å². The van der Waals surface area contributed by atoms with E-state index in [2.05, 4.69) is 44.5 Å². The number of carbonyl (C=O) groups is 1. The van der Waals surface area contributed by atoms with Gasteiger partial charge >= 0.3 is 0 Å². The Hall–Kier alpha value is -2.12. The Kier molecular flexibility index (Phi) is 5.82. The Morgan fingerprint density at radius 3 is 2.71 bits per heavy atom. The van der Waals surface area contributed by atoms with Crippen molar-refractivity contribution < 1.29 is 4.79 Å². The first-order valence-corrected chi connectivity index (χ1v) is 11.4. The van der Waals surface area contributed by atoms with Crippen LogP contribution in [0.5, 0.6) is 0 Å². The summed E-state index contributed by atoms with van der Waals surface area (Å²) in [4.78, 5) is 13.9. The molecule has 146 valence electrons. The number of thioether (sulfide) groups is 1. The van der Waals surface area contributed by atoms with Gasteiger partial charge in [-0.05, 0) is 55.3 Å². The summed E-state index contributed by atoms with van der Waals surface area (Å²) in [5.41, 5.74) is 2.09. The van der Waals surface area contributed by atoms with E-state index < -0.39 is 0 Å². The van der Waals surface area contributed by atoms with Crippen LogP contribution in [0.25, 0.3) is 0 Å². The van der Waals surface area contributed by atoms with E-state index in [0.717, 1.165) is 42.4 Å². The van der Waals surface area contributed by atoms with Gasteiger partial charge in [-0.15, -0.1) is 21.5 Å². The van der Waals surface area contributed by atoms with Crippen molar-refractivity contribution >= 4 is 34.7 Å². The summed E-state index contributed by atoms with van der Waals surface area (Å²) in [6, 6.07) is 12.7. The molecule has 1 atom stereocenters. The molecule has 2 heterocycles. The summed E-state index contributed by atoms with van der Waals surface area (Å²) < 4.78 is 2.24. The quantitative estimate of drug-likeness (QED) is 0.532. The summed E-state index contributed by atoms with van der Waals surface area (Å²) in [5.74, 6) is 0.981. The second kappa shape index (κ2) is 8.49. The number of aromatic nitrogens is 3. The zero-order chi connectivity index (χ0) is 19.5. The maximum absolute atomic E-state index is 12.6. The van der Waals surface area contributed by atoms with Gasteiger partial charge in [0.1, 0.15) is 5.82 Å². The molecule has 1 fully saturated rings. The Labute approximate surface area is 173 Å². The Morgan fingerprint density at radius 2 is 2.07 bits per heavy atom. The van der Waals surface area contributed by atoms with Crippen molar-refractivity contribution in [1.29, 1.82) is 0 Å². The SMILES string of the molecule is CCc1ccc(NC(=O)[C@@H](C)Sc2nnc(Cc3cccs3)n2C2CC2)cc1. The third kappa shape index (κ3) is 4.47. The van der Waals surface area contributed by atoms with Crippen molar-refractivity contribution in [3.63, 3.8) is 0 Å². The number of thiophene rings is 1. The van der Waals surface area contributed by atoms with Crippen LogP contribution in [0.4, 0.5) is 5.69 Å². The van der Waals surface area contributed by atoms with E-state index in [1.165, 1.54) is 22.2 Å². The molecule has 4 rings (SSSR count). The van der Waals surface area contributed by atoms with Crippen molar-refractivity contribution in [2.45, 2.75) is 56.0 Å². The number of amides is 1. The summed E-state index contributed by atoms with van der Waals surface area (Å²) in [6.45, 7) is 4.04. The lowest BCUT2D eigenvalue weighted by molar-refractivity contribution is -0.115. The fourth-order valence-electron chi connectivity index (χ4n) is 3.06. The molecule has 3 aromatic rings. The van der Waals surface area contributed by atoms with Gasteiger partial charge in [0, 0.05) is 23.0 Å². The lowest BCUT2D eigenvalue weighted by Crippen LogP contribution is -2.23. The van der Waals surface area contributed by atoms with Crippen LogP contribution in [-0.4, -0.2) is 25.9 Å². The van der Waals surface area contributed by atoms with Gasteiger partial charge < -0.3 is 9.88 Å². The second-order valence-corrected chi connectivity index (χ2v) is 9.40. The third-order valence-corrected chi connectivity index (χ3v) is 6.77. The minimum atomic E-state index is -0.248. The molecule has 1 aliphatic carbocycles. The monoisotopic (exact) mass is 412 g/mol. The molecule has 0 unspecified atom stereocenters. The highest BCUT2D eigenvalue weighted by Gasteiger charge is 2.31. The first-order chi connectivity index (χ1) is 13.6. The normalized spacial score (nSPS) is 14.8. The number of aryl methyl sites for hydroxylation is 1. The van der Waals surface area contributed by atoms with Crippen LogP contribution >= 0.6 is 23.1 Å². The fraction of sp³-hybridized carbons (Fsp3) is 0.381. The number of hydrogen-bond acceptors (Lipinski definition) is 5. The van der Waals surface area contributed by atoms with Crippen LogP contribution in [0.2, 0.25) is 0 Å². The van der Waals surface area contributed by atoms with Gasteiger partial charge in [-0.1, -0.05) is 36.9 Å². The highest BCUT2D eigenvalue weighted by Crippen LogP contribution is 2.40. The van der Waals surface area contributed by atoms with Gasteiger partial charge in [-0.25, -0.2) is 0 Å².